The number of hydrogen-bond acceptors (Lipinski definition) is 4. The van der Waals surface area contributed by atoms with Gasteiger partial charge in [-0.3, -0.25) is 4.99 Å². The molecule has 1 unspecified atom stereocenters. The van der Waals surface area contributed by atoms with Crippen molar-refractivity contribution in [2.75, 3.05) is 19.3 Å². The maximum Gasteiger partial charge on any atom is 0.191 e. The van der Waals surface area contributed by atoms with Gasteiger partial charge in [-0.15, -0.1) is 0 Å². The van der Waals surface area contributed by atoms with Crippen molar-refractivity contribution in [2.45, 2.75) is 24.6 Å². The molecule has 17 heavy (non-hydrogen) atoms. The summed E-state index contributed by atoms with van der Waals surface area (Å²) in [5, 5.41) is 11.1. The van der Waals surface area contributed by atoms with Gasteiger partial charge in [0.1, 0.15) is 12.0 Å². The Bertz CT molecular complexity index is 346. The second kappa shape index (κ2) is 6.54. The highest BCUT2D eigenvalue weighted by molar-refractivity contribution is 8.00. The van der Waals surface area contributed by atoms with Gasteiger partial charge in [-0.1, -0.05) is 5.16 Å². The van der Waals surface area contributed by atoms with E-state index < -0.39 is 0 Å². The molecule has 1 atom stereocenters. The van der Waals surface area contributed by atoms with Crippen molar-refractivity contribution >= 4 is 17.7 Å². The number of aliphatic imine (C=N–C) groups is 1. The lowest BCUT2D eigenvalue weighted by atomic mass is 10.2. The number of aromatic nitrogens is 1. The Kier molecular flexibility index (Phi) is 4.73. The summed E-state index contributed by atoms with van der Waals surface area (Å²) in [5.74, 6) is 2.11. The fourth-order valence-corrected chi connectivity index (χ4v) is 2.94. The Morgan fingerprint density at radius 3 is 3.24 bits per heavy atom. The lowest BCUT2D eigenvalue weighted by Crippen LogP contribution is -2.39. The molecule has 2 rings (SSSR count). The van der Waals surface area contributed by atoms with Crippen LogP contribution in [0.5, 0.6) is 0 Å². The molecule has 94 valence electrons. The molecule has 0 bridgehead atoms. The van der Waals surface area contributed by atoms with Crippen LogP contribution in [0, 0.1) is 0 Å². The Morgan fingerprint density at radius 1 is 1.65 bits per heavy atom. The van der Waals surface area contributed by atoms with Gasteiger partial charge < -0.3 is 15.2 Å². The molecule has 0 aliphatic carbocycles. The largest absolute Gasteiger partial charge is 0.364 e. The summed E-state index contributed by atoms with van der Waals surface area (Å²) in [6.07, 6.45) is 4.21. The van der Waals surface area contributed by atoms with Gasteiger partial charge in [-0.05, 0) is 18.6 Å². The van der Waals surface area contributed by atoms with Crippen molar-refractivity contribution in [3.63, 3.8) is 0 Å². The van der Waals surface area contributed by atoms with E-state index in [4.69, 9.17) is 4.52 Å². The minimum atomic E-state index is 0.633. The zero-order chi connectivity index (χ0) is 11.9. The SMILES string of the molecule is CN=C(NCc1ccon1)NCC1CCCS1. The molecule has 1 aliphatic heterocycles. The molecule has 0 saturated carbocycles. The van der Waals surface area contributed by atoms with Gasteiger partial charge in [-0.2, -0.15) is 11.8 Å². The van der Waals surface area contributed by atoms with Crippen LogP contribution in [0.25, 0.3) is 0 Å². The first-order valence-electron chi connectivity index (χ1n) is 5.84. The molecular weight excluding hydrogens is 236 g/mol. The Hall–Kier alpha value is -1.17. The number of rotatable bonds is 4. The van der Waals surface area contributed by atoms with E-state index in [1.807, 2.05) is 17.8 Å². The van der Waals surface area contributed by atoms with E-state index in [1.165, 1.54) is 18.6 Å². The first-order chi connectivity index (χ1) is 8.38. The van der Waals surface area contributed by atoms with Crippen LogP contribution in [0.2, 0.25) is 0 Å². The van der Waals surface area contributed by atoms with Crippen LogP contribution in [0.3, 0.4) is 0 Å². The van der Waals surface area contributed by atoms with Crippen LogP contribution in [0.15, 0.2) is 21.8 Å². The maximum absolute atomic E-state index is 4.77. The fourth-order valence-electron chi connectivity index (χ4n) is 1.74. The summed E-state index contributed by atoms with van der Waals surface area (Å²) in [6, 6.07) is 1.84. The zero-order valence-electron chi connectivity index (χ0n) is 9.98. The van der Waals surface area contributed by atoms with E-state index in [2.05, 4.69) is 20.8 Å². The standard InChI is InChI=1S/C11H18N4OS/c1-12-11(13-7-9-4-5-16-15-9)14-8-10-3-2-6-17-10/h4-5,10H,2-3,6-8H2,1H3,(H2,12,13,14). The molecule has 0 spiro atoms. The van der Waals surface area contributed by atoms with Crippen molar-refractivity contribution in [1.29, 1.82) is 0 Å². The van der Waals surface area contributed by atoms with Gasteiger partial charge in [0, 0.05) is 24.9 Å². The molecule has 1 aliphatic rings. The zero-order valence-corrected chi connectivity index (χ0v) is 10.8. The molecule has 2 heterocycles. The van der Waals surface area contributed by atoms with Gasteiger partial charge >= 0.3 is 0 Å². The highest BCUT2D eigenvalue weighted by atomic mass is 32.2. The van der Waals surface area contributed by atoms with Crippen LogP contribution in [0.1, 0.15) is 18.5 Å². The van der Waals surface area contributed by atoms with E-state index in [0.717, 1.165) is 23.4 Å². The molecule has 1 aromatic rings. The van der Waals surface area contributed by atoms with Crippen LogP contribution in [-0.4, -0.2) is 35.7 Å². The number of guanidine groups is 1. The monoisotopic (exact) mass is 254 g/mol. The molecule has 0 aromatic carbocycles. The van der Waals surface area contributed by atoms with E-state index in [9.17, 15) is 0 Å². The average Bonchev–Trinajstić information content (AvgIpc) is 3.02. The Balaban J connectivity index is 1.69. The predicted molar refractivity (Wildman–Crippen MR) is 70.2 cm³/mol. The number of hydrogen-bond donors (Lipinski definition) is 2. The minimum absolute atomic E-state index is 0.633. The summed E-state index contributed by atoms with van der Waals surface area (Å²) in [6.45, 7) is 1.61. The van der Waals surface area contributed by atoms with Gasteiger partial charge in [0.2, 0.25) is 0 Å². The number of nitrogens with one attached hydrogen (secondary N) is 2. The van der Waals surface area contributed by atoms with Gasteiger partial charge in [-0.25, -0.2) is 0 Å². The summed E-state index contributed by atoms with van der Waals surface area (Å²) in [5.41, 5.74) is 0.878. The highest BCUT2D eigenvalue weighted by Crippen LogP contribution is 2.25. The third kappa shape index (κ3) is 3.96. The van der Waals surface area contributed by atoms with Gasteiger partial charge in [0.25, 0.3) is 0 Å². The molecule has 1 aromatic heterocycles. The fraction of sp³-hybridized carbons (Fsp3) is 0.636. The van der Waals surface area contributed by atoms with Crippen molar-refractivity contribution < 1.29 is 4.52 Å². The first kappa shape index (κ1) is 12.3. The van der Waals surface area contributed by atoms with Crippen LogP contribution in [0.4, 0.5) is 0 Å². The van der Waals surface area contributed by atoms with E-state index >= 15 is 0 Å². The van der Waals surface area contributed by atoms with Gasteiger partial charge in [0.05, 0.1) is 6.54 Å². The van der Waals surface area contributed by atoms with Crippen molar-refractivity contribution in [2.24, 2.45) is 4.99 Å². The third-order valence-corrected chi connectivity index (χ3v) is 4.07. The molecule has 6 heteroatoms. The quantitative estimate of drug-likeness (QED) is 0.625. The molecule has 0 radical (unpaired) electrons. The normalized spacial score (nSPS) is 20.5. The lowest BCUT2D eigenvalue weighted by Gasteiger charge is -2.13. The van der Waals surface area contributed by atoms with Crippen LogP contribution >= 0.6 is 11.8 Å². The smallest absolute Gasteiger partial charge is 0.191 e. The molecule has 2 N–H and O–H groups in total. The molecule has 1 saturated heterocycles. The van der Waals surface area contributed by atoms with Crippen molar-refractivity contribution in [3.05, 3.63) is 18.0 Å². The van der Waals surface area contributed by atoms with E-state index in [0.29, 0.717) is 6.54 Å². The predicted octanol–water partition coefficient (Wildman–Crippen LogP) is 1.24. The molecular formula is C11H18N4OS. The van der Waals surface area contributed by atoms with Crippen molar-refractivity contribution in [3.8, 4) is 0 Å². The number of thioether (sulfide) groups is 1. The summed E-state index contributed by atoms with van der Waals surface area (Å²) in [7, 11) is 1.78. The highest BCUT2D eigenvalue weighted by Gasteiger charge is 2.15. The van der Waals surface area contributed by atoms with E-state index in [1.54, 1.807) is 13.3 Å². The minimum Gasteiger partial charge on any atom is -0.364 e. The topological polar surface area (TPSA) is 62.5 Å². The molecule has 5 nitrogen and oxygen atoms in total. The maximum atomic E-state index is 4.77. The lowest BCUT2D eigenvalue weighted by molar-refractivity contribution is 0.410. The van der Waals surface area contributed by atoms with Crippen LogP contribution in [-0.2, 0) is 6.54 Å². The van der Waals surface area contributed by atoms with Crippen LogP contribution < -0.4 is 10.6 Å². The van der Waals surface area contributed by atoms with E-state index in [-0.39, 0.29) is 0 Å². The molecule has 1 fully saturated rings. The third-order valence-electron chi connectivity index (χ3n) is 2.67. The Labute approximate surface area is 105 Å². The average molecular weight is 254 g/mol. The molecule has 0 amide bonds. The second-order valence-electron chi connectivity index (χ2n) is 3.93. The first-order valence-corrected chi connectivity index (χ1v) is 6.89. The van der Waals surface area contributed by atoms with Crippen molar-refractivity contribution in [1.82, 2.24) is 15.8 Å². The summed E-state index contributed by atoms with van der Waals surface area (Å²) in [4.78, 5) is 4.18. The number of nitrogens with zero attached hydrogens (tertiary/aromatic N) is 2. The second-order valence-corrected chi connectivity index (χ2v) is 5.34. The summed E-state index contributed by atoms with van der Waals surface area (Å²) < 4.78 is 4.77. The van der Waals surface area contributed by atoms with Gasteiger partial charge in [0.15, 0.2) is 5.96 Å². The Morgan fingerprint density at radius 2 is 2.59 bits per heavy atom. The summed E-state index contributed by atoms with van der Waals surface area (Å²) >= 11 is 2.04.